The number of hydrogen-bond acceptors (Lipinski definition) is 3. The van der Waals surface area contributed by atoms with Crippen LogP contribution in [0.15, 0.2) is 29.4 Å². The molecule has 17 heavy (non-hydrogen) atoms. The van der Waals surface area contributed by atoms with Gasteiger partial charge in [0.05, 0.1) is 19.6 Å². The van der Waals surface area contributed by atoms with Gasteiger partial charge in [-0.15, -0.1) is 0 Å². The first-order valence-corrected chi connectivity index (χ1v) is 5.75. The van der Waals surface area contributed by atoms with Crippen LogP contribution in [0, 0.1) is 0 Å². The molecule has 0 saturated heterocycles. The minimum absolute atomic E-state index is 0.0661. The predicted octanol–water partition coefficient (Wildman–Crippen LogP) is 2.19. The lowest BCUT2D eigenvalue weighted by Gasteiger charge is -2.12. The molecule has 0 radical (unpaired) electrons. The van der Waals surface area contributed by atoms with E-state index in [1.165, 1.54) is 5.01 Å². The van der Waals surface area contributed by atoms with Gasteiger partial charge in [0.25, 0.3) is 0 Å². The quantitative estimate of drug-likeness (QED) is 0.798. The molecular formula is C13H16N2O2. The van der Waals surface area contributed by atoms with E-state index < -0.39 is 0 Å². The molecule has 0 fully saturated rings. The minimum Gasteiger partial charge on any atom is -0.494 e. The van der Waals surface area contributed by atoms with Gasteiger partial charge in [0, 0.05) is 5.71 Å². The Labute approximate surface area is 101 Å². The molecule has 0 aliphatic carbocycles. The molecule has 0 spiro atoms. The Morgan fingerprint density at radius 2 is 2.06 bits per heavy atom. The number of nitrogens with zero attached hydrogens (tertiary/aromatic N) is 2. The first kappa shape index (κ1) is 11.6. The molecule has 4 heteroatoms. The molecule has 2 rings (SSSR count). The lowest BCUT2D eigenvalue weighted by molar-refractivity contribution is -0.129. The van der Waals surface area contributed by atoms with Crippen LogP contribution in [0.3, 0.4) is 0 Å². The fraction of sp³-hybridized carbons (Fsp3) is 0.385. The number of amides is 1. The predicted molar refractivity (Wildman–Crippen MR) is 65.9 cm³/mol. The maximum atomic E-state index is 11.5. The molecule has 1 aliphatic rings. The standard InChI is InChI=1S/C13H16N2O2/c1-3-17-12-6-4-11(5-7-12)9-15-13(16)8-10(2)14-15/h4-7H,3,8-9H2,1-2H3. The van der Waals surface area contributed by atoms with Crippen LogP contribution in [-0.2, 0) is 11.3 Å². The Bertz CT molecular complexity index is 437. The molecule has 0 N–H and O–H groups in total. The van der Waals surface area contributed by atoms with Crippen molar-refractivity contribution in [2.45, 2.75) is 26.8 Å². The first-order chi connectivity index (χ1) is 8.19. The van der Waals surface area contributed by atoms with E-state index in [1.807, 2.05) is 38.1 Å². The molecule has 0 saturated carbocycles. The van der Waals surface area contributed by atoms with Crippen molar-refractivity contribution in [2.24, 2.45) is 5.10 Å². The topological polar surface area (TPSA) is 41.9 Å². The van der Waals surface area contributed by atoms with E-state index in [1.54, 1.807) is 0 Å². The summed E-state index contributed by atoms with van der Waals surface area (Å²) in [5, 5.41) is 5.71. The first-order valence-electron chi connectivity index (χ1n) is 5.75. The van der Waals surface area contributed by atoms with E-state index in [9.17, 15) is 4.79 Å². The molecule has 1 aromatic carbocycles. The summed E-state index contributed by atoms with van der Waals surface area (Å²) in [6.45, 7) is 5.01. The van der Waals surface area contributed by atoms with E-state index in [4.69, 9.17) is 4.74 Å². The highest BCUT2D eigenvalue weighted by molar-refractivity contribution is 6.03. The van der Waals surface area contributed by atoms with Crippen LogP contribution in [0.25, 0.3) is 0 Å². The Balaban J connectivity index is 2.02. The summed E-state index contributed by atoms with van der Waals surface area (Å²) in [5.74, 6) is 0.917. The lowest BCUT2D eigenvalue weighted by atomic mass is 10.2. The average Bonchev–Trinajstić information content (AvgIpc) is 2.61. The van der Waals surface area contributed by atoms with Gasteiger partial charge in [0.2, 0.25) is 5.91 Å². The smallest absolute Gasteiger partial charge is 0.248 e. The highest BCUT2D eigenvalue weighted by Gasteiger charge is 2.20. The van der Waals surface area contributed by atoms with Gasteiger partial charge in [-0.1, -0.05) is 12.1 Å². The van der Waals surface area contributed by atoms with Crippen molar-refractivity contribution in [1.82, 2.24) is 5.01 Å². The summed E-state index contributed by atoms with van der Waals surface area (Å²) < 4.78 is 5.36. The van der Waals surface area contributed by atoms with Crippen LogP contribution in [0.1, 0.15) is 25.8 Å². The zero-order chi connectivity index (χ0) is 12.3. The van der Waals surface area contributed by atoms with Crippen molar-refractivity contribution < 1.29 is 9.53 Å². The summed E-state index contributed by atoms with van der Waals surface area (Å²) in [5.41, 5.74) is 1.93. The summed E-state index contributed by atoms with van der Waals surface area (Å²) >= 11 is 0. The number of carbonyl (C=O) groups is 1. The highest BCUT2D eigenvalue weighted by atomic mass is 16.5. The Morgan fingerprint density at radius 3 is 2.59 bits per heavy atom. The van der Waals surface area contributed by atoms with Crippen LogP contribution in [-0.4, -0.2) is 23.2 Å². The van der Waals surface area contributed by atoms with Crippen molar-refractivity contribution in [2.75, 3.05) is 6.61 Å². The van der Waals surface area contributed by atoms with Crippen molar-refractivity contribution in [3.05, 3.63) is 29.8 Å². The van der Waals surface area contributed by atoms with Crippen LogP contribution in [0.2, 0.25) is 0 Å². The van der Waals surface area contributed by atoms with Gasteiger partial charge in [-0.25, -0.2) is 5.01 Å². The van der Waals surface area contributed by atoms with Crippen LogP contribution in [0.5, 0.6) is 5.75 Å². The van der Waals surface area contributed by atoms with Gasteiger partial charge < -0.3 is 4.74 Å². The van der Waals surface area contributed by atoms with Crippen LogP contribution in [0.4, 0.5) is 0 Å². The van der Waals surface area contributed by atoms with Gasteiger partial charge in [0.1, 0.15) is 5.75 Å². The van der Waals surface area contributed by atoms with Gasteiger partial charge in [-0.05, 0) is 31.5 Å². The highest BCUT2D eigenvalue weighted by Crippen LogP contribution is 2.16. The number of rotatable bonds is 4. The van der Waals surface area contributed by atoms with Crippen molar-refractivity contribution >= 4 is 11.6 Å². The molecule has 0 bridgehead atoms. The molecule has 90 valence electrons. The SMILES string of the molecule is CCOc1ccc(CN2N=C(C)CC2=O)cc1. The Hall–Kier alpha value is -1.84. The molecule has 4 nitrogen and oxygen atoms in total. The molecular weight excluding hydrogens is 216 g/mol. The zero-order valence-electron chi connectivity index (χ0n) is 10.1. The number of carbonyl (C=O) groups excluding carboxylic acids is 1. The summed E-state index contributed by atoms with van der Waals surface area (Å²) in [7, 11) is 0. The zero-order valence-corrected chi connectivity index (χ0v) is 10.1. The van der Waals surface area contributed by atoms with Crippen molar-refractivity contribution in [1.29, 1.82) is 0 Å². The number of benzene rings is 1. The van der Waals surface area contributed by atoms with E-state index in [-0.39, 0.29) is 5.91 Å². The van der Waals surface area contributed by atoms with Crippen molar-refractivity contribution in [3.63, 3.8) is 0 Å². The largest absolute Gasteiger partial charge is 0.494 e. The molecule has 0 unspecified atom stereocenters. The summed E-state index contributed by atoms with van der Waals surface area (Å²) in [6, 6.07) is 7.74. The third-order valence-electron chi connectivity index (χ3n) is 2.55. The van der Waals surface area contributed by atoms with Gasteiger partial charge >= 0.3 is 0 Å². The second-order valence-corrected chi connectivity index (χ2v) is 4.04. The fourth-order valence-electron chi connectivity index (χ4n) is 1.76. The average molecular weight is 232 g/mol. The second kappa shape index (κ2) is 4.99. The van der Waals surface area contributed by atoms with E-state index in [0.717, 1.165) is 17.0 Å². The lowest BCUT2D eigenvalue weighted by Crippen LogP contribution is -2.19. The minimum atomic E-state index is 0.0661. The summed E-state index contributed by atoms with van der Waals surface area (Å²) in [6.07, 6.45) is 0.441. The number of hydrazone groups is 1. The number of ether oxygens (including phenoxy) is 1. The molecule has 0 atom stereocenters. The second-order valence-electron chi connectivity index (χ2n) is 4.04. The normalized spacial score (nSPS) is 15.1. The molecule has 1 aromatic rings. The van der Waals surface area contributed by atoms with E-state index >= 15 is 0 Å². The monoisotopic (exact) mass is 232 g/mol. The molecule has 0 aromatic heterocycles. The van der Waals surface area contributed by atoms with Gasteiger partial charge in [-0.3, -0.25) is 4.79 Å². The third kappa shape index (κ3) is 2.84. The summed E-state index contributed by atoms with van der Waals surface area (Å²) in [4.78, 5) is 11.5. The fourth-order valence-corrected chi connectivity index (χ4v) is 1.76. The van der Waals surface area contributed by atoms with Gasteiger partial charge in [0.15, 0.2) is 0 Å². The maximum absolute atomic E-state index is 11.5. The van der Waals surface area contributed by atoms with E-state index in [2.05, 4.69) is 5.10 Å². The van der Waals surface area contributed by atoms with Crippen LogP contribution >= 0.6 is 0 Å². The van der Waals surface area contributed by atoms with Crippen molar-refractivity contribution in [3.8, 4) is 5.75 Å². The Kier molecular flexibility index (Phi) is 3.42. The molecule has 1 amide bonds. The molecule has 1 heterocycles. The van der Waals surface area contributed by atoms with Crippen LogP contribution < -0.4 is 4.74 Å². The van der Waals surface area contributed by atoms with E-state index in [0.29, 0.717) is 19.6 Å². The Morgan fingerprint density at radius 1 is 1.35 bits per heavy atom. The molecule has 1 aliphatic heterocycles. The van der Waals surface area contributed by atoms with Gasteiger partial charge in [-0.2, -0.15) is 5.10 Å². The third-order valence-corrected chi connectivity index (χ3v) is 2.55. The maximum Gasteiger partial charge on any atom is 0.248 e. The number of hydrogen-bond donors (Lipinski definition) is 0.